The molecule has 1 aromatic rings. The van der Waals surface area contributed by atoms with Crippen molar-refractivity contribution in [3.8, 4) is 0 Å². The van der Waals surface area contributed by atoms with Crippen LogP contribution in [0.4, 0.5) is 4.79 Å². The maximum Gasteiger partial charge on any atom is 0.407 e. The first-order valence-electron chi connectivity index (χ1n) is 7.40. The van der Waals surface area contributed by atoms with Gasteiger partial charge < -0.3 is 24.3 Å². The molecular weight excluding hydrogens is 286 g/mol. The maximum atomic E-state index is 11.9. The van der Waals surface area contributed by atoms with Gasteiger partial charge in [0.25, 0.3) is 0 Å². The second kappa shape index (κ2) is 5.87. The smallest absolute Gasteiger partial charge is 0.407 e. The summed E-state index contributed by atoms with van der Waals surface area (Å²) in [5.41, 5.74) is 0.827. The molecule has 1 N–H and O–H groups in total. The van der Waals surface area contributed by atoms with Crippen molar-refractivity contribution in [2.75, 3.05) is 19.8 Å². The standard InChI is InChI=1S/C16H21NO5/c1-12(16-20-9-15(2,10-21-16)11-22-16)17-14(18)19-8-13-6-4-3-5-7-13/h3-7,12H,8-11H2,1-2H3,(H,17,18)/t12-,15?,16?/m0/s1. The highest BCUT2D eigenvalue weighted by molar-refractivity contribution is 5.67. The van der Waals surface area contributed by atoms with Crippen LogP contribution in [0, 0.1) is 5.41 Å². The Kier molecular flexibility index (Phi) is 4.08. The lowest BCUT2D eigenvalue weighted by Gasteiger charge is -2.52. The number of benzene rings is 1. The Hall–Kier alpha value is -1.63. The van der Waals surface area contributed by atoms with Gasteiger partial charge in [-0.05, 0) is 12.5 Å². The summed E-state index contributed by atoms with van der Waals surface area (Å²) in [6.07, 6.45) is -0.527. The van der Waals surface area contributed by atoms with E-state index in [4.69, 9.17) is 18.9 Å². The van der Waals surface area contributed by atoms with E-state index >= 15 is 0 Å². The molecule has 6 nitrogen and oxygen atoms in total. The number of nitrogens with one attached hydrogen (secondary N) is 1. The van der Waals surface area contributed by atoms with Crippen molar-refractivity contribution in [3.05, 3.63) is 35.9 Å². The number of hydrogen-bond acceptors (Lipinski definition) is 5. The molecule has 0 saturated carbocycles. The number of ether oxygens (including phenoxy) is 4. The van der Waals surface area contributed by atoms with E-state index in [2.05, 4.69) is 5.32 Å². The van der Waals surface area contributed by atoms with Crippen LogP contribution in [0.25, 0.3) is 0 Å². The fraction of sp³-hybridized carbons (Fsp3) is 0.562. The Bertz CT molecular complexity index is 508. The summed E-state index contributed by atoms with van der Waals surface area (Å²) in [5, 5.41) is 2.71. The van der Waals surface area contributed by atoms with Crippen LogP contribution < -0.4 is 5.32 Å². The topological polar surface area (TPSA) is 66.0 Å². The normalized spacial score (nSPS) is 31.5. The molecule has 0 aliphatic carbocycles. The van der Waals surface area contributed by atoms with Crippen molar-refractivity contribution in [1.29, 1.82) is 0 Å². The fourth-order valence-electron chi connectivity index (χ4n) is 2.48. The van der Waals surface area contributed by atoms with Crippen LogP contribution in [-0.2, 0) is 25.6 Å². The summed E-state index contributed by atoms with van der Waals surface area (Å²) in [5.74, 6) is -1.20. The molecule has 3 heterocycles. The summed E-state index contributed by atoms with van der Waals surface area (Å²) >= 11 is 0. The van der Waals surface area contributed by atoms with Crippen LogP contribution in [0.5, 0.6) is 0 Å². The second-order valence-corrected chi connectivity index (χ2v) is 6.21. The van der Waals surface area contributed by atoms with Gasteiger partial charge in [0.2, 0.25) is 0 Å². The van der Waals surface area contributed by atoms with Crippen LogP contribution in [0.15, 0.2) is 30.3 Å². The first kappa shape index (κ1) is 15.3. The predicted molar refractivity (Wildman–Crippen MR) is 77.9 cm³/mol. The highest BCUT2D eigenvalue weighted by Crippen LogP contribution is 2.39. The lowest BCUT2D eigenvalue weighted by molar-refractivity contribution is -0.472. The summed E-state index contributed by atoms with van der Waals surface area (Å²) in [6, 6.07) is 9.03. The van der Waals surface area contributed by atoms with Crippen LogP contribution in [0.1, 0.15) is 19.4 Å². The van der Waals surface area contributed by atoms with Crippen LogP contribution in [0.3, 0.4) is 0 Å². The molecule has 3 aliphatic rings. The van der Waals surface area contributed by atoms with Gasteiger partial charge in [-0.25, -0.2) is 4.79 Å². The largest absolute Gasteiger partial charge is 0.445 e. The van der Waals surface area contributed by atoms with E-state index in [1.54, 1.807) is 6.92 Å². The van der Waals surface area contributed by atoms with Crippen LogP contribution >= 0.6 is 0 Å². The highest BCUT2D eigenvalue weighted by atomic mass is 16.9. The third-order valence-corrected chi connectivity index (χ3v) is 3.94. The van der Waals surface area contributed by atoms with Crippen molar-refractivity contribution in [1.82, 2.24) is 5.32 Å². The molecule has 3 fully saturated rings. The number of rotatable bonds is 4. The molecule has 120 valence electrons. The Morgan fingerprint density at radius 1 is 1.23 bits per heavy atom. The minimum Gasteiger partial charge on any atom is -0.445 e. The molecular formula is C16H21NO5. The molecule has 0 spiro atoms. The fourth-order valence-corrected chi connectivity index (χ4v) is 2.48. The molecule has 2 bridgehead atoms. The number of fused-ring (bicyclic) bond motifs is 3. The first-order valence-corrected chi connectivity index (χ1v) is 7.40. The Morgan fingerprint density at radius 3 is 2.41 bits per heavy atom. The molecule has 1 atom stereocenters. The van der Waals surface area contributed by atoms with E-state index in [1.807, 2.05) is 37.3 Å². The van der Waals surface area contributed by atoms with Gasteiger partial charge in [0, 0.05) is 5.41 Å². The minimum atomic E-state index is -1.20. The average molecular weight is 307 g/mol. The number of carbonyl (C=O) groups is 1. The second-order valence-electron chi connectivity index (χ2n) is 6.21. The third kappa shape index (κ3) is 3.09. The summed E-state index contributed by atoms with van der Waals surface area (Å²) in [4.78, 5) is 11.9. The molecule has 22 heavy (non-hydrogen) atoms. The number of amides is 1. The van der Waals surface area contributed by atoms with Gasteiger partial charge in [0.05, 0.1) is 19.8 Å². The van der Waals surface area contributed by atoms with Crippen molar-refractivity contribution in [2.24, 2.45) is 5.41 Å². The molecule has 1 amide bonds. The quantitative estimate of drug-likeness (QED) is 0.922. The monoisotopic (exact) mass is 307 g/mol. The van der Waals surface area contributed by atoms with Crippen molar-refractivity contribution >= 4 is 6.09 Å². The predicted octanol–water partition coefficient (Wildman–Crippen LogP) is 2.04. The molecule has 0 unspecified atom stereocenters. The summed E-state index contributed by atoms with van der Waals surface area (Å²) in [6.45, 7) is 5.70. The lowest BCUT2D eigenvalue weighted by atomic mass is 9.91. The van der Waals surface area contributed by atoms with Gasteiger partial charge in [-0.1, -0.05) is 37.3 Å². The highest BCUT2D eigenvalue weighted by Gasteiger charge is 2.54. The third-order valence-electron chi connectivity index (χ3n) is 3.94. The number of alkyl carbamates (subject to hydrolysis) is 1. The summed E-state index contributed by atoms with van der Waals surface area (Å²) in [7, 11) is 0. The van der Waals surface area contributed by atoms with E-state index in [0.717, 1.165) is 5.56 Å². The minimum absolute atomic E-state index is 0.102. The van der Waals surface area contributed by atoms with E-state index in [-0.39, 0.29) is 12.0 Å². The lowest BCUT2D eigenvalue weighted by Crippen LogP contribution is -2.66. The van der Waals surface area contributed by atoms with Gasteiger partial charge in [-0.2, -0.15) is 0 Å². The Morgan fingerprint density at radius 2 is 1.82 bits per heavy atom. The average Bonchev–Trinajstić information content (AvgIpc) is 2.55. The molecule has 1 aromatic carbocycles. The number of carbonyl (C=O) groups excluding carboxylic acids is 1. The van der Waals surface area contributed by atoms with Crippen molar-refractivity contribution in [2.45, 2.75) is 32.5 Å². The molecule has 3 saturated heterocycles. The molecule has 4 rings (SSSR count). The van der Waals surface area contributed by atoms with Gasteiger partial charge in [-0.15, -0.1) is 0 Å². The van der Waals surface area contributed by atoms with E-state index in [9.17, 15) is 4.79 Å². The molecule has 0 aromatic heterocycles. The first-order chi connectivity index (χ1) is 10.5. The van der Waals surface area contributed by atoms with E-state index < -0.39 is 18.1 Å². The SMILES string of the molecule is C[C@H](NC(=O)OCc1ccccc1)C12OCC(C)(CO1)CO2. The zero-order valence-corrected chi connectivity index (χ0v) is 12.8. The Balaban J connectivity index is 1.51. The maximum absolute atomic E-state index is 11.9. The van der Waals surface area contributed by atoms with E-state index in [1.165, 1.54) is 0 Å². The zero-order valence-electron chi connectivity index (χ0n) is 12.8. The Labute approximate surface area is 129 Å². The van der Waals surface area contributed by atoms with Gasteiger partial charge in [0.15, 0.2) is 0 Å². The number of hydrogen-bond donors (Lipinski definition) is 1. The van der Waals surface area contributed by atoms with Crippen molar-refractivity contribution < 1.29 is 23.7 Å². The van der Waals surface area contributed by atoms with Gasteiger partial charge in [0.1, 0.15) is 12.6 Å². The zero-order chi connectivity index (χ0) is 15.6. The van der Waals surface area contributed by atoms with Gasteiger partial charge >= 0.3 is 12.1 Å². The van der Waals surface area contributed by atoms with Crippen LogP contribution in [0.2, 0.25) is 0 Å². The molecule has 6 heteroatoms. The molecule has 0 radical (unpaired) electrons. The summed E-state index contributed by atoms with van der Waals surface area (Å²) < 4.78 is 22.2. The van der Waals surface area contributed by atoms with E-state index in [0.29, 0.717) is 19.8 Å². The van der Waals surface area contributed by atoms with Crippen molar-refractivity contribution in [3.63, 3.8) is 0 Å². The molecule has 3 aliphatic heterocycles. The van der Waals surface area contributed by atoms with Gasteiger partial charge in [-0.3, -0.25) is 0 Å². The van der Waals surface area contributed by atoms with Crippen LogP contribution in [-0.4, -0.2) is 37.9 Å².